The number of aliphatic hydroxyl groups excluding tert-OH is 1. The van der Waals surface area contributed by atoms with Gasteiger partial charge in [-0.15, -0.1) is 0 Å². The highest BCUT2D eigenvalue weighted by Gasteiger charge is 2.37. The van der Waals surface area contributed by atoms with Crippen LogP contribution < -0.4 is 0 Å². The molecule has 0 spiro atoms. The first kappa shape index (κ1) is 28.3. The van der Waals surface area contributed by atoms with E-state index in [1.165, 1.54) is 4.90 Å². The van der Waals surface area contributed by atoms with E-state index in [4.69, 9.17) is 9.79 Å². The van der Waals surface area contributed by atoms with Crippen molar-refractivity contribution in [1.82, 2.24) is 9.80 Å². The summed E-state index contributed by atoms with van der Waals surface area (Å²) in [7, 11) is -4.54. The predicted octanol–water partition coefficient (Wildman–Crippen LogP) is 4.69. The molecule has 1 saturated heterocycles. The molecule has 3 N–H and O–H groups in total. The van der Waals surface area contributed by atoms with Crippen LogP contribution in [0.25, 0.3) is 0 Å². The number of hydrogen-bond donors (Lipinski definition) is 3. The van der Waals surface area contributed by atoms with Crippen LogP contribution in [0.1, 0.15) is 24.0 Å². The van der Waals surface area contributed by atoms with E-state index in [9.17, 15) is 23.2 Å². The van der Waals surface area contributed by atoms with Gasteiger partial charge in [0.1, 0.15) is 5.49 Å². The van der Waals surface area contributed by atoms with Gasteiger partial charge >= 0.3 is 13.6 Å². The van der Waals surface area contributed by atoms with E-state index in [1.54, 1.807) is 17.1 Å². The third kappa shape index (κ3) is 9.33. The number of rotatable bonds is 13. The minimum Gasteiger partial charge on any atom is -0.389 e. The fourth-order valence-corrected chi connectivity index (χ4v) is 5.69. The van der Waals surface area contributed by atoms with E-state index in [1.807, 2.05) is 60.7 Å². The summed E-state index contributed by atoms with van der Waals surface area (Å²) in [6, 6.07) is 18.3. The Hall–Kier alpha value is -2.23. The number of aliphatic hydroxyl groups is 1. The average molecular weight is 541 g/mol. The number of carbonyl (C=O) groups excluding carboxylic acids is 1. The minimum absolute atomic E-state index is 0.0387. The standard InChI is InChI=1S/C25H31F2N2O5PS/c26-25(27,36-19-35(32,33)34)14-7-15-29-22(12-13-23(30)16-20-8-3-1-4-9-20)18-28(24(29)31)17-21-10-5-2-6-11-21/h1-6,8-13,22-23,30H,7,14-19H2,(H2,32,33,34). The van der Waals surface area contributed by atoms with E-state index < -0.39 is 36.9 Å². The third-order valence-corrected chi connectivity index (χ3v) is 8.18. The molecule has 7 nitrogen and oxygen atoms in total. The summed E-state index contributed by atoms with van der Waals surface area (Å²) < 4.78 is 39.1. The lowest BCUT2D eigenvalue weighted by Crippen LogP contribution is -2.35. The van der Waals surface area contributed by atoms with Crippen LogP contribution in [-0.4, -0.2) is 66.7 Å². The first-order valence-corrected chi connectivity index (χ1v) is 14.4. The quantitative estimate of drug-likeness (QED) is 0.252. The van der Waals surface area contributed by atoms with Gasteiger partial charge in [0.05, 0.1) is 12.1 Å². The van der Waals surface area contributed by atoms with Gasteiger partial charge in [-0.05, 0) is 17.5 Å². The lowest BCUT2D eigenvalue weighted by molar-refractivity contribution is 0.0893. The second kappa shape index (κ2) is 12.8. The van der Waals surface area contributed by atoms with Crippen LogP contribution in [0.4, 0.5) is 13.6 Å². The number of carbonyl (C=O) groups is 1. The normalized spacial score (nSPS) is 17.8. The van der Waals surface area contributed by atoms with Crippen molar-refractivity contribution in [1.29, 1.82) is 0 Å². The maximum Gasteiger partial charge on any atom is 0.335 e. The molecule has 2 atom stereocenters. The van der Waals surface area contributed by atoms with Crippen LogP contribution in [0.2, 0.25) is 0 Å². The molecule has 11 heteroatoms. The number of amides is 2. The maximum atomic E-state index is 14.1. The highest BCUT2D eigenvalue weighted by atomic mass is 32.2. The van der Waals surface area contributed by atoms with Gasteiger partial charge in [-0.2, -0.15) is 8.78 Å². The zero-order chi connectivity index (χ0) is 26.2. The third-order valence-electron chi connectivity index (χ3n) is 5.69. The summed E-state index contributed by atoms with van der Waals surface area (Å²) in [6.45, 7) is 0.785. The molecule has 0 radical (unpaired) electrons. The first-order chi connectivity index (χ1) is 17.0. The molecule has 196 valence electrons. The smallest absolute Gasteiger partial charge is 0.335 e. The molecule has 1 heterocycles. The number of halogens is 2. The van der Waals surface area contributed by atoms with Crippen LogP contribution >= 0.6 is 19.4 Å². The molecule has 0 saturated carbocycles. The number of alkyl halides is 2. The Labute approximate surface area is 214 Å². The van der Waals surface area contributed by atoms with Crippen LogP contribution in [0.15, 0.2) is 72.8 Å². The van der Waals surface area contributed by atoms with Crippen molar-refractivity contribution in [3.63, 3.8) is 0 Å². The molecule has 2 aromatic rings. The highest BCUT2D eigenvalue weighted by Crippen LogP contribution is 2.45. The van der Waals surface area contributed by atoms with Gasteiger partial charge in [0.25, 0.3) is 5.25 Å². The van der Waals surface area contributed by atoms with Crippen molar-refractivity contribution in [2.24, 2.45) is 0 Å². The van der Waals surface area contributed by atoms with Crippen molar-refractivity contribution in [3.05, 3.63) is 83.9 Å². The fraction of sp³-hybridized carbons (Fsp3) is 0.400. The second-order valence-electron chi connectivity index (χ2n) is 8.73. The molecule has 3 rings (SSSR count). The summed E-state index contributed by atoms with van der Waals surface area (Å²) in [4.78, 5) is 34.0. The molecule has 2 amide bonds. The predicted molar refractivity (Wildman–Crippen MR) is 137 cm³/mol. The summed E-state index contributed by atoms with van der Waals surface area (Å²) in [5.41, 5.74) is 0.952. The molecule has 0 aromatic heterocycles. The summed E-state index contributed by atoms with van der Waals surface area (Å²) in [5.74, 6) is 0. The van der Waals surface area contributed by atoms with Gasteiger partial charge in [0, 0.05) is 32.5 Å². The molecular weight excluding hydrogens is 509 g/mol. The van der Waals surface area contributed by atoms with E-state index in [-0.39, 0.29) is 30.8 Å². The Bertz CT molecular complexity index is 1050. The van der Waals surface area contributed by atoms with E-state index in [0.29, 0.717) is 19.5 Å². The van der Waals surface area contributed by atoms with Gasteiger partial charge in [0.15, 0.2) is 0 Å². The van der Waals surface area contributed by atoms with Crippen molar-refractivity contribution in [2.75, 3.05) is 18.6 Å². The van der Waals surface area contributed by atoms with Crippen LogP contribution in [0.5, 0.6) is 0 Å². The molecule has 2 aromatic carbocycles. The minimum atomic E-state index is -4.54. The lowest BCUT2D eigenvalue weighted by Gasteiger charge is -2.23. The molecular formula is C25H31F2N2O5PS. The molecule has 36 heavy (non-hydrogen) atoms. The van der Waals surface area contributed by atoms with Gasteiger partial charge in [0.2, 0.25) is 0 Å². The van der Waals surface area contributed by atoms with Gasteiger partial charge in [-0.3, -0.25) is 4.57 Å². The molecule has 1 aliphatic rings. The topological polar surface area (TPSA) is 101 Å². The number of urea groups is 1. The van der Waals surface area contributed by atoms with Crippen LogP contribution in [0, 0.1) is 0 Å². The monoisotopic (exact) mass is 540 g/mol. The Morgan fingerprint density at radius 2 is 1.69 bits per heavy atom. The van der Waals surface area contributed by atoms with E-state index >= 15 is 0 Å². The number of thioether (sulfide) groups is 1. The fourth-order valence-electron chi connectivity index (χ4n) is 3.97. The zero-order valence-electron chi connectivity index (χ0n) is 19.7. The Kier molecular flexibility index (Phi) is 10.1. The van der Waals surface area contributed by atoms with Crippen LogP contribution in [-0.2, 0) is 17.5 Å². The summed E-state index contributed by atoms with van der Waals surface area (Å²) >= 11 is -0.0702. The molecule has 1 fully saturated rings. The SMILES string of the molecule is O=C1N(Cc2ccccc2)CC(C=CC(O)Cc2ccccc2)N1CCCC(F)(F)SCP(=O)(O)O. The van der Waals surface area contributed by atoms with Crippen molar-refractivity contribution in [3.8, 4) is 0 Å². The van der Waals surface area contributed by atoms with Crippen molar-refractivity contribution < 1.29 is 33.0 Å². The van der Waals surface area contributed by atoms with Crippen molar-refractivity contribution >= 4 is 25.4 Å². The van der Waals surface area contributed by atoms with E-state index in [0.717, 1.165) is 11.1 Å². The molecule has 2 unspecified atom stereocenters. The molecule has 0 bridgehead atoms. The number of hydrogen-bond acceptors (Lipinski definition) is 4. The van der Waals surface area contributed by atoms with Gasteiger partial charge in [-0.25, -0.2) is 4.79 Å². The van der Waals surface area contributed by atoms with Crippen LogP contribution in [0.3, 0.4) is 0 Å². The number of nitrogens with zero attached hydrogens (tertiary/aromatic N) is 2. The largest absolute Gasteiger partial charge is 0.389 e. The van der Waals surface area contributed by atoms with Crippen molar-refractivity contribution in [2.45, 2.75) is 43.2 Å². The zero-order valence-corrected chi connectivity index (χ0v) is 21.4. The Morgan fingerprint density at radius 3 is 2.31 bits per heavy atom. The number of benzene rings is 2. The highest BCUT2D eigenvalue weighted by molar-refractivity contribution is 8.05. The average Bonchev–Trinajstić information content (AvgIpc) is 3.12. The van der Waals surface area contributed by atoms with Gasteiger partial charge < -0.3 is 24.7 Å². The Morgan fingerprint density at radius 1 is 1.08 bits per heavy atom. The summed E-state index contributed by atoms with van der Waals surface area (Å²) in [6.07, 6.45) is 2.37. The molecule has 1 aliphatic heterocycles. The first-order valence-electron chi connectivity index (χ1n) is 11.6. The van der Waals surface area contributed by atoms with E-state index in [2.05, 4.69) is 0 Å². The maximum absolute atomic E-state index is 14.1. The second-order valence-corrected chi connectivity index (χ2v) is 12.0. The van der Waals surface area contributed by atoms with Gasteiger partial charge in [-0.1, -0.05) is 84.6 Å². The summed E-state index contributed by atoms with van der Waals surface area (Å²) in [5, 5.41) is 7.14. The Balaban J connectivity index is 1.64. The molecule has 0 aliphatic carbocycles. The lowest BCUT2D eigenvalue weighted by atomic mass is 10.1.